The molecule has 2 aliphatic heterocycles. The maximum Gasteiger partial charge on any atom is 0.261 e. The fourth-order valence-electron chi connectivity index (χ4n) is 4.09. The SMILES string of the molecule is Cc1noc(C)c1-c1ccc2c(c1)C1(Cc3ccccc3CO1)C(=O)N2. The van der Waals surface area contributed by atoms with Crippen molar-refractivity contribution >= 4 is 11.6 Å². The number of nitrogens with one attached hydrogen (secondary N) is 1. The molecule has 0 saturated carbocycles. The average Bonchev–Trinajstić information content (AvgIpc) is 3.12. The Bertz CT molecular complexity index is 1030. The summed E-state index contributed by atoms with van der Waals surface area (Å²) in [5.74, 6) is 0.668. The van der Waals surface area contributed by atoms with Crippen molar-refractivity contribution in [3.05, 3.63) is 70.6 Å². The smallest absolute Gasteiger partial charge is 0.261 e. The number of hydrogen-bond donors (Lipinski definition) is 1. The predicted octanol–water partition coefficient (Wildman–Crippen LogP) is 3.88. The van der Waals surface area contributed by atoms with E-state index in [1.807, 2.05) is 44.2 Å². The van der Waals surface area contributed by atoms with Gasteiger partial charge in [-0.3, -0.25) is 4.79 Å². The highest BCUT2D eigenvalue weighted by atomic mass is 16.5. The van der Waals surface area contributed by atoms with Crippen LogP contribution >= 0.6 is 0 Å². The van der Waals surface area contributed by atoms with Gasteiger partial charge in [-0.25, -0.2) is 0 Å². The van der Waals surface area contributed by atoms with Crippen molar-refractivity contribution in [2.75, 3.05) is 5.32 Å². The lowest BCUT2D eigenvalue weighted by Gasteiger charge is -2.33. The van der Waals surface area contributed by atoms with Crippen molar-refractivity contribution in [1.82, 2.24) is 5.16 Å². The average molecular weight is 346 g/mol. The van der Waals surface area contributed by atoms with Crippen LogP contribution in [0.5, 0.6) is 0 Å². The second kappa shape index (κ2) is 5.29. The summed E-state index contributed by atoms with van der Waals surface area (Å²) in [6.07, 6.45) is 0.535. The van der Waals surface area contributed by atoms with Gasteiger partial charge < -0.3 is 14.6 Å². The van der Waals surface area contributed by atoms with Crippen LogP contribution in [0.1, 0.15) is 28.1 Å². The first kappa shape index (κ1) is 15.3. The van der Waals surface area contributed by atoms with Crippen LogP contribution in [0.3, 0.4) is 0 Å². The van der Waals surface area contributed by atoms with Gasteiger partial charge in [-0.2, -0.15) is 0 Å². The van der Waals surface area contributed by atoms with Crippen molar-refractivity contribution in [3.8, 4) is 11.1 Å². The molecular formula is C21H18N2O3. The van der Waals surface area contributed by atoms with E-state index in [1.165, 1.54) is 0 Å². The standard InChI is InChI=1S/C21H18N2O3/c1-12-19(13(2)26-23-12)14-7-8-18-17(9-14)21(20(24)22-18)10-15-5-3-4-6-16(15)11-25-21/h3-9H,10-11H2,1-2H3,(H,22,24). The van der Waals surface area contributed by atoms with Crippen LogP contribution in [0.15, 0.2) is 47.0 Å². The van der Waals surface area contributed by atoms with Gasteiger partial charge in [0.05, 0.1) is 12.3 Å². The number of benzene rings is 2. The van der Waals surface area contributed by atoms with Crippen LogP contribution in [0, 0.1) is 13.8 Å². The summed E-state index contributed by atoms with van der Waals surface area (Å²) in [6.45, 7) is 4.25. The summed E-state index contributed by atoms with van der Waals surface area (Å²) in [6, 6.07) is 14.1. The number of nitrogens with zero attached hydrogens (tertiary/aromatic N) is 1. The molecule has 0 fully saturated rings. The van der Waals surface area contributed by atoms with Crippen molar-refractivity contribution < 1.29 is 14.1 Å². The molecule has 5 heteroatoms. The number of carbonyl (C=O) groups excluding carboxylic acids is 1. The zero-order valence-electron chi connectivity index (χ0n) is 14.6. The third-order valence-electron chi connectivity index (χ3n) is 5.42. The highest BCUT2D eigenvalue weighted by molar-refractivity contribution is 6.06. The monoisotopic (exact) mass is 346 g/mol. The minimum absolute atomic E-state index is 0.0992. The lowest BCUT2D eigenvalue weighted by molar-refractivity contribution is -0.145. The first-order valence-corrected chi connectivity index (χ1v) is 8.68. The van der Waals surface area contributed by atoms with Crippen molar-refractivity contribution in [2.24, 2.45) is 0 Å². The molecule has 1 unspecified atom stereocenters. The molecule has 1 N–H and O–H groups in total. The maximum atomic E-state index is 12.9. The number of carbonyl (C=O) groups is 1. The van der Waals surface area contributed by atoms with E-state index in [0.29, 0.717) is 13.0 Å². The van der Waals surface area contributed by atoms with E-state index in [9.17, 15) is 4.79 Å². The molecule has 130 valence electrons. The lowest BCUT2D eigenvalue weighted by Crippen LogP contribution is -2.42. The van der Waals surface area contributed by atoms with E-state index in [0.717, 1.165) is 45.0 Å². The zero-order chi connectivity index (χ0) is 17.9. The molecule has 1 atom stereocenters. The number of hydrogen-bond acceptors (Lipinski definition) is 4. The zero-order valence-corrected chi connectivity index (χ0v) is 14.6. The van der Waals surface area contributed by atoms with Gasteiger partial charge in [-0.1, -0.05) is 35.5 Å². The molecule has 5 nitrogen and oxygen atoms in total. The normalized spacial score (nSPS) is 20.8. The molecule has 0 bridgehead atoms. The molecule has 26 heavy (non-hydrogen) atoms. The first-order chi connectivity index (χ1) is 12.6. The van der Waals surface area contributed by atoms with E-state index in [4.69, 9.17) is 9.26 Å². The van der Waals surface area contributed by atoms with Crippen molar-refractivity contribution in [1.29, 1.82) is 0 Å². The molecular weight excluding hydrogens is 328 g/mol. The summed E-state index contributed by atoms with van der Waals surface area (Å²) in [5, 5.41) is 7.03. The summed E-state index contributed by atoms with van der Waals surface area (Å²) in [4.78, 5) is 12.9. The Balaban J connectivity index is 1.66. The van der Waals surface area contributed by atoms with E-state index < -0.39 is 5.60 Å². The van der Waals surface area contributed by atoms with Crippen LogP contribution < -0.4 is 5.32 Å². The number of ether oxygens (including phenoxy) is 1. The molecule has 3 heterocycles. The van der Waals surface area contributed by atoms with Crippen LogP contribution in [0.25, 0.3) is 11.1 Å². The van der Waals surface area contributed by atoms with Gasteiger partial charge >= 0.3 is 0 Å². The Morgan fingerprint density at radius 3 is 2.69 bits per heavy atom. The summed E-state index contributed by atoms with van der Waals surface area (Å²) >= 11 is 0. The number of fused-ring (bicyclic) bond motifs is 3. The predicted molar refractivity (Wildman–Crippen MR) is 96.7 cm³/mol. The molecule has 0 saturated heterocycles. The quantitative estimate of drug-likeness (QED) is 0.726. The molecule has 1 amide bonds. The molecule has 0 aliphatic carbocycles. The molecule has 3 aromatic rings. The number of amides is 1. The van der Waals surface area contributed by atoms with Gasteiger partial charge in [0.15, 0.2) is 5.60 Å². The van der Waals surface area contributed by atoms with E-state index >= 15 is 0 Å². The number of aryl methyl sites for hydroxylation is 2. The highest BCUT2D eigenvalue weighted by Gasteiger charge is 2.50. The lowest BCUT2D eigenvalue weighted by atomic mass is 9.83. The van der Waals surface area contributed by atoms with Gasteiger partial charge in [-0.15, -0.1) is 0 Å². The summed E-state index contributed by atoms with van der Waals surface area (Å²) in [5.41, 5.74) is 5.81. The van der Waals surface area contributed by atoms with E-state index in [1.54, 1.807) is 0 Å². The third kappa shape index (κ3) is 2.01. The Kier molecular flexibility index (Phi) is 3.12. The fraction of sp³-hybridized carbons (Fsp3) is 0.238. The second-order valence-electron chi connectivity index (χ2n) is 6.97. The van der Waals surface area contributed by atoms with E-state index in [-0.39, 0.29) is 5.91 Å². The Hall–Kier alpha value is -2.92. The number of anilines is 1. The number of aromatic nitrogens is 1. The summed E-state index contributed by atoms with van der Waals surface area (Å²) in [7, 11) is 0. The minimum atomic E-state index is -0.974. The molecule has 1 spiro atoms. The Morgan fingerprint density at radius 2 is 1.92 bits per heavy atom. The van der Waals surface area contributed by atoms with Crippen LogP contribution in [0.4, 0.5) is 5.69 Å². The molecule has 1 aromatic heterocycles. The van der Waals surface area contributed by atoms with Gasteiger partial charge in [0.25, 0.3) is 5.91 Å². The van der Waals surface area contributed by atoms with Crippen LogP contribution in [-0.2, 0) is 28.2 Å². The second-order valence-corrected chi connectivity index (χ2v) is 6.97. The topological polar surface area (TPSA) is 64.4 Å². The number of rotatable bonds is 1. The Morgan fingerprint density at radius 1 is 1.12 bits per heavy atom. The van der Waals surface area contributed by atoms with Gasteiger partial charge in [-0.05, 0) is 42.7 Å². The highest BCUT2D eigenvalue weighted by Crippen LogP contribution is 2.46. The molecule has 0 radical (unpaired) electrons. The summed E-state index contributed by atoms with van der Waals surface area (Å²) < 4.78 is 11.5. The van der Waals surface area contributed by atoms with Gasteiger partial charge in [0.2, 0.25) is 0 Å². The third-order valence-corrected chi connectivity index (χ3v) is 5.42. The first-order valence-electron chi connectivity index (χ1n) is 8.68. The van der Waals surface area contributed by atoms with E-state index in [2.05, 4.69) is 22.6 Å². The van der Waals surface area contributed by atoms with Crippen LogP contribution in [-0.4, -0.2) is 11.1 Å². The van der Waals surface area contributed by atoms with Crippen molar-refractivity contribution in [3.63, 3.8) is 0 Å². The Labute approximate surface area is 151 Å². The van der Waals surface area contributed by atoms with Crippen molar-refractivity contribution in [2.45, 2.75) is 32.5 Å². The van der Waals surface area contributed by atoms with Gasteiger partial charge in [0, 0.05) is 23.2 Å². The fourth-order valence-corrected chi connectivity index (χ4v) is 4.09. The molecule has 2 aliphatic rings. The largest absolute Gasteiger partial charge is 0.361 e. The van der Waals surface area contributed by atoms with Crippen LogP contribution in [0.2, 0.25) is 0 Å². The minimum Gasteiger partial charge on any atom is -0.361 e. The molecule has 2 aromatic carbocycles. The molecule has 5 rings (SSSR count). The van der Waals surface area contributed by atoms with Gasteiger partial charge in [0.1, 0.15) is 5.76 Å². The maximum absolute atomic E-state index is 12.9.